The Kier molecular flexibility index (Phi) is 2.64. The van der Waals surface area contributed by atoms with Crippen LogP contribution in [0.25, 0.3) is 0 Å². The normalized spacial score (nSPS) is 17.9. The second kappa shape index (κ2) is 3.80. The molecule has 0 spiro atoms. The molecule has 1 heteroatoms. The Morgan fingerprint density at radius 2 is 1.73 bits per heavy atom. The fraction of sp³-hybridized carbons (Fsp3) is 0.500. The lowest BCUT2D eigenvalue weighted by atomic mass is 10.0. The van der Waals surface area contributed by atoms with Crippen LogP contribution in [-0.2, 0) is 0 Å². The van der Waals surface area contributed by atoms with Gasteiger partial charge in [-0.05, 0) is 39.2 Å². The van der Waals surface area contributed by atoms with Crippen molar-refractivity contribution in [3.8, 4) is 0 Å². The van der Waals surface area contributed by atoms with E-state index in [1.807, 2.05) is 0 Å². The van der Waals surface area contributed by atoms with Gasteiger partial charge in [-0.25, -0.2) is 0 Å². The third kappa shape index (κ3) is 2.92. The average Bonchev–Trinajstić information content (AvgIpc) is 2.97. The van der Waals surface area contributed by atoms with Crippen molar-refractivity contribution < 1.29 is 0 Å². The Balaban J connectivity index is 2.32. The van der Waals surface area contributed by atoms with Gasteiger partial charge in [-0.1, -0.05) is 30.3 Å². The van der Waals surface area contributed by atoms with Crippen LogP contribution in [0.4, 0.5) is 0 Å². The largest absolute Gasteiger partial charge is 0.283 e. The van der Waals surface area contributed by atoms with E-state index in [1.54, 1.807) is 0 Å². The number of hydrogen-bond acceptors (Lipinski definition) is 1. The van der Waals surface area contributed by atoms with Crippen molar-refractivity contribution in [1.29, 1.82) is 0 Å². The van der Waals surface area contributed by atoms with Crippen molar-refractivity contribution in [3.05, 3.63) is 35.9 Å². The van der Waals surface area contributed by atoms with E-state index in [9.17, 15) is 0 Å². The second-order valence-electron chi connectivity index (χ2n) is 5.31. The second-order valence-corrected chi connectivity index (χ2v) is 5.31. The lowest BCUT2D eigenvalue weighted by Gasteiger charge is -2.16. The molecule has 0 aliphatic heterocycles. The summed E-state index contributed by atoms with van der Waals surface area (Å²) in [6.45, 7) is 6.50. The van der Waals surface area contributed by atoms with Crippen molar-refractivity contribution >= 4 is 5.71 Å². The summed E-state index contributed by atoms with van der Waals surface area (Å²) in [7, 11) is 0. The standard InChI is InChI=1S/C14H19N/c1-14(2,3)15-13(12-9-10-12)11-7-5-4-6-8-11/h4-8,12H,9-10H2,1-3H3. The lowest BCUT2D eigenvalue weighted by molar-refractivity contribution is 0.581. The van der Waals surface area contributed by atoms with Crippen molar-refractivity contribution in [2.45, 2.75) is 39.2 Å². The number of aliphatic imine (C=N–C) groups is 1. The van der Waals surface area contributed by atoms with Gasteiger partial charge < -0.3 is 0 Å². The summed E-state index contributed by atoms with van der Waals surface area (Å²) in [5.74, 6) is 0.714. The molecule has 0 amide bonds. The van der Waals surface area contributed by atoms with Crippen LogP contribution >= 0.6 is 0 Å². The molecule has 1 saturated carbocycles. The molecule has 1 nitrogen and oxygen atoms in total. The van der Waals surface area contributed by atoms with Gasteiger partial charge in [0, 0.05) is 11.6 Å². The van der Waals surface area contributed by atoms with Crippen LogP contribution < -0.4 is 0 Å². The summed E-state index contributed by atoms with van der Waals surface area (Å²) >= 11 is 0. The minimum Gasteiger partial charge on any atom is -0.283 e. The zero-order valence-electron chi connectivity index (χ0n) is 9.83. The Labute approximate surface area is 92.2 Å². The molecule has 15 heavy (non-hydrogen) atoms. The molecule has 0 N–H and O–H groups in total. The molecule has 1 aliphatic carbocycles. The van der Waals surface area contributed by atoms with Gasteiger partial charge in [-0.15, -0.1) is 0 Å². The van der Waals surface area contributed by atoms with Crippen molar-refractivity contribution in [3.63, 3.8) is 0 Å². The van der Waals surface area contributed by atoms with Crippen LogP contribution in [0.5, 0.6) is 0 Å². The first kappa shape index (κ1) is 10.4. The van der Waals surface area contributed by atoms with Crippen LogP contribution in [0.3, 0.4) is 0 Å². The van der Waals surface area contributed by atoms with Crippen LogP contribution in [0.2, 0.25) is 0 Å². The molecule has 0 saturated heterocycles. The molecule has 0 unspecified atom stereocenters. The number of hydrogen-bond donors (Lipinski definition) is 0. The molecule has 0 atom stereocenters. The maximum Gasteiger partial charge on any atom is 0.0527 e. The Morgan fingerprint density at radius 3 is 2.20 bits per heavy atom. The van der Waals surface area contributed by atoms with Gasteiger partial charge in [0.15, 0.2) is 0 Å². The SMILES string of the molecule is CC(C)(C)N=C(c1ccccc1)C1CC1. The first-order valence-corrected chi connectivity index (χ1v) is 5.71. The van der Waals surface area contributed by atoms with Crippen LogP contribution in [-0.4, -0.2) is 11.3 Å². The topological polar surface area (TPSA) is 12.4 Å². The highest BCUT2D eigenvalue weighted by molar-refractivity contribution is 6.03. The summed E-state index contributed by atoms with van der Waals surface area (Å²) in [5, 5.41) is 0. The molecule has 2 rings (SSSR count). The molecule has 0 radical (unpaired) electrons. The first-order chi connectivity index (χ1) is 7.06. The molecule has 80 valence electrons. The number of benzene rings is 1. The fourth-order valence-corrected chi connectivity index (χ4v) is 1.72. The van der Waals surface area contributed by atoms with Gasteiger partial charge in [0.2, 0.25) is 0 Å². The smallest absolute Gasteiger partial charge is 0.0527 e. The van der Waals surface area contributed by atoms with E-state index in [0.717, 1.165) is 0 Å². The highest BCUT2D eigenvalue weighted by Crippen LogP contribution is 2.34. The molecule has 1 aromatic rings. The molecule has 1 aliphatic rings. The molecule has 0 bridgehead atoms. The van der Waals surface area contributed by atoms with Crippen molar-refractivity contribution in [2.75, 3.05) is 0 Å². The van der Waals surface area contributed by atoms with Gasteiger partial charge in [-0.3, -0.25) is 4.99 Å². The maximum absolute atomic E-state index is 4.86. The van der Waals surface area contributed by atoms with Gasteiger partial charge >= 0.3 is 0 Å². The summed E-state index contributed by atoms with van der Waals surface area (Å²) in [5.41, 5.74) is 2.64. The number of nitrogens with zero attached hydrogens (tertiary/aromatic N) is 1. The zero-order valence-corrected chi connectivity index (χ0v) is 9.83. The summed E-state index contributed by atoms with van der Waals surface area (Å²) in [6.07, 6.45) is 2.62. The van der Waals surface area contributed by atoms with Gasteiger partial charge in [-0.2, -0.15) is 0 Å². The third-order valence-electron chi connectivity index (χ3n) is 2.49. The van der Waals surface area contributed by atoms with Gasteiger partial charge in [0.25, 0.3) is 0 Å². The van der Waals surface area contributed by atoms with Crippen molar-refractivity contribution in [2.24, 2.45) is 10.9 Å². The maximum atomic E-state index is 4.86. The Bertz CT molecular complexity index is 353. The van der Waals surface area contributed by atoms with E-state index in [4.69, 9.17) is 4.99 Å². The first-order valence-electron chi connectivity index (χ1n) is 5.71. The minimum absolute atomic E-state index is 0.0355. The predicted octanol–water partition coefficient (Wildman–Crippen LogP) is 3.68. The Morgan fingerprint density at radius 1 is 1.13 bits per heavy atom. The van der Waals surface area contributed by atoms with E-state index in [-0.39, 0.29) is 5.54 Å². The lowest BCUT2D eigenvalue weighted by Crippen LogP contribution is -2.16. The highest BCUT2D eigenvalue weighted by atomic mass is 14.8. The monoisotopic (exact) mass is 201 g/mol. The van der Waals surface area contributed by atoms with Crippen LogP contribution in [0.15, 0.2) is 35.3 Å². The molecule has 0 heterocycles. The van der Waals surface area contributed by atoms with Crippen LogP contribution in [0, 0.1) is 5.92 Å². The summed E-state index contributed by atoms with van der Waals surface area (Å²) < 4.78 is 0. The molecule has 0 aromatic heterocycles. The highest BCUT2D eigenvalue weighted by Gasteiger charge is 2.29. The third-order valence-corrected chi connectivity index (χ3v) is 2.49. The Hall–Kier alpha value is -1.11. The van der Waals surface area contributed by atoms with Crippen LogP contribution in [0.1, 0.15) is 39.2 Å². The van der Waals surface area contributed by atoms with Gasteiger partial charge in [0.05, 0.1) is 5.54 Å². The minimum atomic E-state index is 0.0355. The van der Waals surface area contributed by atoms with E-state index in [0.29, 0.717) is 5.92 Å². The van der Waals surface area contributed by atoms with E-state index < -0.39 is 0 Å². The molecular weight excluding hydrogens is 182 g/mol. The van der Waals surface area contributed by atoms with E-state index >= 15 is 0 Å². The average molecular weight is 201 g/mol. The zero-order chi connectivity index (χ0) is 10.9. The molecule has 1 aromatic carbocycles. The molecular formula is C14H19N. The fourth-order valence-electron chi connectivity index (χ4n) is 1.72. The number of rotatable bonds is 2. The summed E-state index contributed by atoms with van der Waals surface area (Å²) in [6, 6.07) is 10.6. The predicted molar refractivity (Wildman–Crippen MR) is 65.5 cm³/mol. The molecule has 1 fully saturated rings. The van der Waals surface area contributed by atoms with Gasteiger partial charge in [0.1, 0.15) is 0 Å². The van der Waals surface area contributed by atoms with E-state index in [1.165, 1.54) is 24.1 Å². The quantitative estimate of drug-likeness (QED) is 0.647. The summed E-state index contributed by atoms with van der Waals surface area (Å²) in [4.78, 5) is 4.86. The van der Waals surface area contributed by atoms with Crippen molar-refractivity contribution in [1.82, 2.24) is 0 Å². The van der Waals surface area contributed by atoms with E-state index in [2.05, 4.69) is 51.1 Å².